The molecule has 0 amide bonds. The molecule has 0 aliphatic carbocycles. The molecule has 252 valence electrons. The molecule has 0 atom stereocenters. The van der Waals surface area contributed by atoms with Crippen molar-refractivity contribution in [3.05, 3.63) is 111 Å². The van der Waals surface area contributed by atoms with Crippen LogP contribution in [-0.4, -0.2) is 51.0 Å². The van der Waals surface area contributed by atoms with E-state index in [1.165, 1.54) is 73.4 Å². The molecule has 0 radical (unpaired) electrons. The largest absolute Gasteiger partial charge is 4.00 e. The molecule has 0 bridgehead atoms. The van der Waals surface area contributed by atoms with Gasteiger partial charge in [-0.1, -0.05) is 116 Å². The minimum atomic E-state index is -0.335. The second kappa shape index (κ2) is 21.4. The second-order valence-corrected chi connectivity index (χ2v) is 12.7. The smallest absolute Gasteiger partial charge is 0.871 e. The third-order valence-corrected chi connectivity index (χ3v) is 7.78. The van der Waals surface area contributed by atoms with E-state index in [0.717, 1.165) is 0 Å². The first-order valence-electron chi connectivity index (χ1n) is 13.4. The summed E-state index contributed by atoms with van der Waals surface area (Å²) in [5.74, 6) is -1.34. The van der Waals surface area contributed by atoms with Gasteiger partial charge < -0.3 is 20.4 Å². The van der Waals surface area contributed by atoms with Crippen molar-refractivity contribution in [3.63, 3.8) is 0 Å². The summed E-state index contributed by atoms with van der Waals surface area (Å²) in [6.07, 6.45) is 5.57. The van der Waals surface area contributed by atoms with Gasteiger partial charge in [0.2, 0.25) is 0 Å². The van der Waals surface area contributed by atoms with Crippen LogP contribution in [0.2, 0.25) is 40.2 Å². The molecule has 0 aliphatic rings. The summed E-state index contributed by atoms with van der Waals surface area (Å²) >= 11 is 46.4. The maximum absolute atomic E-state index is 11.8. The first kappa shape index (κ1) is 43.1. The molecule has 4 aromatic carbocycles. The van der Waals surface area contributed by atoms with Gasteiger partial charge in [0.15, 0.2) is 0 Å². The summed E-state index contributed by atoms with van der Waals surface area (Å²) in [6, 6.07) is 11.5. The molecule has 4 aromatic rings. The molecular weight excluding hydrogens is 879 g/mol. The van der Waals surface area contributed by atoms with Crippen LogP contribution in [0.1, 0.15) is 22.3 Å². The Labute approximate surface area is 341 Å². The molecule has 0 unspecified atom stereocenters. The summed E-state index contributed by atoms with van der Waals surface area (Å²) < 4.78 is 0. The molecule has 0 aromatic heterocycles. The number of halogens is 8. The summed E-state index contributed by atoms with van der Waals surface area (Å²) in [6.45, 7) is 1.29. The van der Waals surface area contributed by atoms with Gasteiger partial charge in [0, 0.05) is 65.0 Å². The zero-order chi connectivity index (χ0) is 35.4. The molecule has 8 nitrogen and oxygen atoms in total. The van der Waals surface area contributed by atoms with Crippen LogP contribution in [0.5, 0.6) is 23.0 Å². The minimum Gasteiger partial charge on any atom is -0.871 e. The van der Waals surface area contributed by atoms with Crippen LogP contribution in [0.15, 0.2) is 68.5 Å². The fourth-order valence-electron chi connectivity index (χ4n) is 3.59. The van der Waals surface area contributed by atoms with Gasteiger partial charge in [-0.15, -0.1) is 0 Å². The van der Waals surface area contributed by atoms with Gasteiger partial charge in [-0.2, -0.15) is 0 Å². The standard InChI is InChI=1S/2C16H12Cl4N2O2.Zr/c2*17-11-3-9(15(23)13(19)5-11)7-21-1-2-22-8-10-4-12(18)6-14(20)16(10)24;/h2*3-8,23-24H,1-2H2;/q;;+4/p-4. The molecule has 0 saturated carbocycles. The molecule has 17 heteroatoms. The van der Waals surface area contributed by atoms with Crippen molar-refractivity contribution in [2.24, 2.45) is 20.0 Å². The van der Waals surface area contributed by atoms with Gasteiger partial charge in [-0.3, -0.25) is 20.0 Å². The normalized spacial score (nSPS) is 11.4. The zero-order valence-electron chi connectivity index (χ0n) is 24.7. The van der Waals surface area contributed by atoms with Crippen molar-refractivity contribution in [1.29, 1.82) is 0 Å². The Balaban J connectivity index is 0.000000333. The quantitative estimate of drug-likeness (QED) is 0.118. The van der Waals surface area contributed by atoms with Gasteiger partial charge in [0.25, 0.3) is 0 Å². The van der Waals surface area contributed by atoms with E-state index in [4.69, 9.17) is 92.8 Å². The Kier molecular flexibility index (Phi) is 18.8. The van der Waals surface area contributed by atoms with Crippen molar-refractivity contribution in [1.82, 2.24) is 0 Å². The van der Waals surface area contributed by atoms with Crippen LogP contribution >= 0.6 is 92.8 Å². The van der Waals surface area contributed by atoms with Crippen LogP contribution in [0.4, 0.5) is 0 Å². The zero-order valence-corrected chi connectivity index (χ0v) is 33.2. The van der Waals surface area contributed by atoms with Crippen LogP contribution in [0, 0.1) is 0 Å². The van der Waals surface area contributed by atoms with Gasteiger partial charge in [0.1, 0.15) is 0 Å². The molecule has 0 heterocycles. The average molecular weight is 899 g/mol. The topological polar surface area (TPSA) is 142 Å². The molecular formula is C32H20Cl8N4O4Zr. The molecule has 0 aliphatic heterocycles. The van der Waals surface area contributed by atoms with E-state index >= 15 is 0 Å². The Bertz CT molecular complexity index is 1620. The Morgan fingerprint density at radius 1 is 0.367 bits per heavy atom. The fourth-order valence-corrected chi connectivity index (χ4v) is 5.62. The van der Waals surface area contributed by atoms with E-state index in [9.17, 15) is 20.4 Å². The maximum atomic E-state index is 11.8. The molecule has 0 fully saturated rings. The van der Waals surface area contributed by atoms with Gasteiger partial charge in [-0.25, -0.2) is 0 Å². The van der Waals surface area contributed by atoms with Crippen molar-refractivity contribution in [2.75, 3.05) is 26.2 Å². The summed E-state index contributed by atoms with van der Waals surface area (Å²) in [5.41, 5.74) is 1.22. The first-order valence-corrected chi connectivity index (χ1v) is 16.4. The summed E-state index contributed by atoms with van der Waals surface area (Å²) in [7, 11) is 0. The van der Waals surface area contributed by atoms with E-state index in [0.29, 0.717) is 68.5 Å². The number of nitrogens with zero attached hydrogens (tertiary/aromatic N) is 4. The van der Waals surface area contributed by atoms with Crippen LogP contribution < -0.4 is 20.4 Å². The van der Waals surface area contributed by atoms with E-state index in [1.807, 2.05) is 0 Å². The first-order chi connectivity index (χ1) is 22.8. The van der Waals surface area contributed by atoms with Crippen molar-refractivity contribution < 1.29 is 46.6 Å². The van der Waals surface area contributed by atoms with Gasteiger partial charge >= 0.3 is 26.2 Å². The van der Waals surface area contributed by atoms with Gasteiger partial charge in [-0.05, 0) is 70.8 Å². The summed E-state index contributed by atoms with van der Waals surface area (Å²) in [5, 5.41) is 48.6. The molecule has 0 N–H and O–H groups in total. The molecule has 4 rings (SSSR count). The SMILES string of the molecule is [O-]c1c(Cl)cc(Cl)cc1C=NCCN=Cc1cc(Cl)cc(Cl)c1[O-].[O-]c1c(Cl)cc(Cl)cc1C=NCCN=Cc1cc(Cl)cc(Cl)c1[O-].[Zr+4]. The van der Waals surface area contributed by atoms with E-state index in [-0.39, 0.29) is 69.3 Å². The maximum Gasteiger partial charge on any atom is 4.00 e. The predicted molar refractivity (Wildman–Crippen MR) is 193 cm³/mol. The monoisotopic (exact) mass is 894 g/mol. The Hall–Kier alpha value is -2.04. The molecule has 0 saturated heterocycles. The van der Waals surface area contributed by atoms with E-state index < -0.39 is 0 Å². The Morgan fingerprint density at radius 2 is 0.551 bits per heavy atom. The average Bonchev–Trinajstić information content (AvgIpc) is 3.02. The Morgan fingerprint density at radius 3 is 0.735 bits per heavy atom. The van der Waals surface area contributed by atoms with E-state index in [2.05, 4.69) is 20.0 Å². The summed E-state index contributed by atoms with van der Waals surface area (Å²) in [4.78, 5) is 16.3. The van der Waals surface area contributed by atoms with E-state index in [1.54, 1.807) is 0 Å². The number of hydrogen-bond donors (Lipinski definition) is 0. The predicted octanol–water partition coefficient (Wildman–Crippen LogP) is 7.97. The van der Waals surface area contributed by atoms with Crippen LogP contribution in [-0.2, 0) is 26.2 Å². The third-order valence-electron chi connectivity index (χ3n) is 5.79. The minimum absolute atomic E-state index is 0. The second-order valence-electron chi connectivity index (χ2n) is 9.36. The number of hydrogen-bond acceptors (Lipinski definition) is 8. The van der Waals surface area contributed by atoms with Crippen molar-refractivity contribution >= 4 is 118 Å². The molecule has 49 heavy (non-hydrogen) atoms. The van der Waals surface area contributed by atoms with Crippen LogP contribution in [0.3, 0.4) is 0 Å². The number of aliphatic imine (C=N–C) groups is 4. The van der Waals surface area contributed by atoms with Crippen LogP contribution in [0.25, 0.3) is 0 Å². The number of rotatable bonds is 10. The van der Waals surface area contributed by atoms with Gasteiger partial charge in [0.05, 0.1) is 26.2 Å². The number of benzene rings is 4. The molecule has 0 spiro atoms. The fraction of sp³-hybridized carbons (Fsp3) is 0.125. The van der Waals surface area contributed by atoms with Crippen molar-refractivity contribution in [2.45, 2.75) is 0 Å². The van der Waals surface area contributed by atoms with Crippen molar-refractivity contribution in [3.8, 4) is 23.0 Å². The third kappa shape index (κ3) is 13.9.